The molecule has 0 aliphatic carbocycles. The van der Waals surface area contributed by atoms with Crippen molar-refractivity contribution in [2.24, 2.45) is 7.05 Å². The van der Waals surface area contributed by atoms with Crippen molar-refractivity contribution in [3.05, 3.63) is 63.6 Å². The van der Waals surface area contributed by atoms with Crippen molar-refractivity contribution in [1.82, 2.24) is 4.57 Å². The van der Waals surface area contributed by atoms with Crippen LogP contribution in [0.15, 0.2) is 41.2 Å². The van der Waals surface area contributed by atoms with Crippen LogP contribution in [0.4, 0.5) is 0 Å². The van der Waals surface area contributed by atoms with Gasteiger partial charge in [0.25, 0.3) is 0 Å². The fourth-order valence-corrected chi connectivity index (χ4v) is 2.26. The zero-order valence-corrected chi connectivity index (χ0v) is 14.1. The first-order valence-corrected chi connectivity index (χ1v) is 6.94. The highest BCUT2D eigenvalue weighted by Crippen LogP contribution is 2.25. The van der Waals surface area contributed by atoms with Crippen LogP contribution in [0.25, 0.3) is 0 Å². The van der Waals surface area contributed by atoms with Crippen LogP contribution in [-0.4, -0.2) is 11.7 Å². The van der Waals surface area contributed by atoms with E-state index in [1.165, 1.54) is 0 Å². The summed E-state index contributed by atoms with van der Waals surface area (Å²) in [7, 11) is 3.54. The van der Waals surface area contributed by atoms with Gasteiger partial charge in [0.15, 0.2) is 5.75 Å². The number of aromatic nitrogens is 1. The lowest BCUT2D eigenvalue weighted by Gasteiger charge is -2.21. The minimum Gasteiger partial charge on any atom is -0.483 e. The molecule has 22 heavy (non-hydrogen) atoms. The van der Waals surface area contributed by atoms with Crippen molar-refractivity contribution in [3.63, 3.8) is 0 Å². The number of aryl methyl sites for hydroxylation is 1. The van der Waals surface area contributed by atoms with E-state index in [9.17, 15) is 4.79 Å². The molecule has 0 aliphatic heterocycles. The lowest BCUT2D eigenvalue weighted by Crippen LogP contribution is -2.20. The monoisotopic (exact) mass is 323 g/mol. The molecule has 0 amide bonds. The molecule has 0 saturated carbocycles. The maximum Gasteiger partial charge on any atom is 0.224 e. The summed E-state index contributed by atoms with van der Waals surface area (Å²) in [5.74, 6) is 0.362. The SMILES string of the molecule is COC(C)c1c(OCc2ccccc2)c(=O)cc(C)n1C.Cl. The number of ether oxygens (including phenoxy) is 2. The molecule has 0 fully saturated rings. The van der Waals surface area contributed by atoms with Gasteiger partial charge in [-0.25, -0.2) is 0 Å². The van der Waals surface area contributed by atoms with Crippen LogP contribution >= 0.6 is 12.4 Å². The molecule has 1 aromatic carbocycles. The van der Waals surface area contributed by atoms with Crippen molar-refractivity contribution in [3.8, 4) is 5.75 Å². The topological polar surface area (TPSA) is 40.5 Å². The molecular formula is C17H22ClNO3. The Morgan fingerprint density at radius 3 is 2.45 bits per heavy atom. The highest BCUT2D eigenvalue weighted by Gasteiger charge is 2.19. The van der Waals surface area contributed by atoms with Crippen LogP contribution in [0.3, 0.4) is 0 Å². The van der Waals surface area contributed by atoms with E-state index in [0.717, 1.165) is 17.0 Å². The summed E-state index contributed by atoms with van der Waals surface area (Å²) in [6.45, 7) is 4.17. The second-order valence-electron chi connectivity index (χ2n) is 5.08. The van der Waals surface area contributed by atoms with Crippen molar-refractivity contribution >= 4 is 12.4 Å². The van der Waals surface area contributed by atoms with Crippen LogP contribution in [-0.2, 0) is 18.4 Å². The third-order valence-corrected chi connectivity index (χ3v) is 3.65. The Kier molecular flexibility index (Phi) is 6.65. The molecule has 1 aromatic heterocycles. The fraction of sp³-hybridized carbons (Fsp3) is 0.353. The van der Waals surface area contributed by atoms with Gasteiger partial charge in [0.1, 0.15) is 6.61 Å². The Morgan fingerprint density at radius 1 is 1.23 bits per heavy atom. The molecule has 0 aliphatic rings. The maximum atomic E-state index is 12.3. The molecule has 0 bridgehead atoms. The molecule has 5 heteroatoms. The molecule has 1 heterocycles. The standard InChI is InChI=1S/C17H21NO3.ClH/c1-12-10-15(19)17(16(18(12)3)13(2)20-4)21-11-14-8-6-5-7-9-14;/h5-10,13H,11H2,1-4H3;1H. The highest BCUT2D eigenvalue weighted by atomic mass is 35.5. The summed E-state index contributed by atoms with van der Waals surface area (Å²) in [6, 6.07) is 11.4. The Morgan fingerprint density at radius 2 is 1.86 bits per heavy atom. The van der Waals surface area contributed by atoms with E-state index in [1.54, 1.807) is 13.2 Å². The van der Waals surface area contributed by atoms with E-state index in [-0.39, 0.29) is 23.9 Å². The Labute approximate surface area is 137 Å². The van der Waals surface area contributed by atoms with E-state index in [1.807, 2.05) is 55.8 Å². The number of halogens is 1. The molecule has 2 aromatic rings. The third-order valence-electron chi connectivity index (χ3n) is 3.65. The van der Waals surface area contributed by atoms with E-state index in [4.69, 9.17) is 9.47 Å². The fourth-order valence-electron chi connectivity index (χ4n) is 2.26. The summed E-state index contributed by atoms with van der Waals surface area (Å²) in [5, 5.41) is 0. The van der Waals surface area contributed by atoms with Crippen molar-refractivity contribution in [2.75, 3.05) is 7.11 Å². The first kappa shape index (κ1) is 18.3. The lowest BCUT2D eigenvalue weighted by atomic mass is 10.2. The highest BCUT2D eigenvalue weighted by molar-refractivity contribution is 5.85. The summed E-state index contributed by atoms with van der Waals surface area (Å²) < 4.78 is 13.1. The molecule has 4 nitrogen and oxygen atoms in total. The number of hydrogen-bond donors (Lipinski definition) is 0. The van der Waals surface area contributed by atoms with Crippen molar-refractivity contribution in [2.45, 2.75) is 26.6 Å². The zero-order chi connectivity index (χ0) is 15.4. The number of rotatable bonds is 5. The molecule has 2 rings (SSSR count). The minimum absolute atomic E-state index is 0. The van der Waals surface area contributed by atoms with Gasteiger partial charge in [0.05, 0.1) is 11.8 Å². The van der Waals surface area contributed by atoms with Crippen LogP contribution in [0, 0.1) is 6.92 Å². The van der Waals surface area contributed by atoms with Gasteiger partial charge in [-0.15, -0.1) is 12.4 Å². The van der Waals surface area contributed by atoms with Gasteiger partial charge in [-0.3, -0.25) is 4.79 Å². The summed E-state index contributed by atoms with van der Waals surface area (Å²) >= 11 is 0. The number of pyridine rings is 1. The number of hydrogen-bond acceptors (Lipinski definition) is 3. The van der Waals surface area contributed by atoms with Crippen LogP contribution < -0.4 is 10.2 Å². The number of nitrogens with zero attached hydrogens (tertiary/aromatic N) is 1. The third kappa shape index (κ3) is 3.90. The van der Waals surface area contributed by atoms with Gasteiger partial charge >= 0.3 is 0 Å². The molecule has 1 unspecified atom stereocenters. The van der Waals surface area contributed by atoms with Crippen LogP contribution in [0.1, 0.15) is 30.0 Å². The first-order valence-electron chi connectivity index (χ1n) is 6.94. The predicted octanol–water partition coefficient (Wildman–Crippen LogP) is 3.40. The number of benzene rings is 1. The summed E-state index contributed by atoms with van der Waals surface area (Å²) in [6.07, 6.45) is -0.214. The Bertz CT molecular complexity index is 668. The van der Waals surface area contributed by atoms with E-state index < -0.39 is 0 Å². The molecular weight excluding hydrogens is 302 g/mol. The van der Waals surface area contributed by atoms with Crippen molar-refractivity contribution in [1.29, 1.82) is 0 Å². The van der Waals surface area contributed by atoms with Gasteiger partial charge in [-0.2, -0.15) is 0 Å². The molecule has 0 spiro atoms. The zero-order valence-electron chi connectivity index (χ0n) is 13.3. The molecule has 1 atom stereocenters. The van der Waals surface area contributed by atoms with Gasteiger partial charge in [0.2, 0.25) is 5.43 Å². The predicted molar refractivity (Wildman–Crippen MR) is 89.9 cm³/mol. The number of methoxy groups -OCH3 is 1. The molecule has 0 saturated heterocycles. The average molecular weight is 324 g/mol. The average Bonchev–Trinajstić information content (AvgIpc) is 2.49. The van der Waals surface area contributed by atoms with Gasteiger partial charge in [0, 0.05) is 25.9 Å². The van der Waals surface area contributed by atoms with Crippen molar-refractivity contribution < 1.29 is 9.47 Å². The second kappa shape index (κ2) is 8.01. The second-order valence-corrected chi connectivity index (χ2v) is 5.08. The normalized spacial score (nSPS) is 11.6. The maximum absolute atomic E-state index is 12.3. The van der Waals surface area contributed by atoms with Crippen LogP contribution in [0.2, 0.25) is 0 Å². The summed E-state index contributed by atoms with van der Waals surface area (Å²) in [4.78, 5) is 12.3. The van der Waals surface area contributed by atoms with E-state index in [0.29, 0.717) is 12.4 Å². The summed E-state index contributed by atoms with van der Waals surface area (Å²) in [5.41, 5.74) is 2.56. The Balaban J connectivity index is 0.00000242. The molecule has 120 valence electrons. The quantitative estimate of drug-likeness (QED) is 0.846. The smallest absolute Gasteiger partial charge is 0.224 e. The molecule has 0 N–H and O–H groups in total. The van der Waals surface area contributed by atoms with E-state index >= 15 is 0 Å². The largest absolute Gasteiger partial charge is 0.483 e. The first-order chi connectivity index (χ1) is 10.0. The molecule has 0 radical (unpaired) electrons. The van der Waals surface area contributed by atoms with Gasteiger partial charge in [-0.05, 0) is 19.4 Å². The van der Waals surface area contributed by atoms with Gasteiger partial charge in [-0.1, -0.05) is 30.3 Å². The van der Waals surface area contributed by atoms with Gasteiger partial charge < -0.3 is 14.0 Å². The van der Waals surface area contributed by atoms with Crippen LogP contribution in [0.5, 0.6) is 5.75 Å². The lowest BCUT2D eigenvalue weighted by molar-refractivity contribution is 0.108. The van der Waals surface area contributed by atoms with E-state index in [2.05, 4.69) is 0 Å². The Hall–Kier alpha value is -1.78. The minimum atomic E-state index is -0.214.